The molecule has 2 rings (SSSR count). The molecule has 0 amide bonds. The maximum absolute atomic E-state index is 5.77. The van der Waals surface area contributed by atoms with Crippen LogP contribution in [0.3, 0.4) is 0 Å². The second-order valence-corrected chi connectivity index (χ2v) is 5.72. The van der Waals surface area contributed by atoms with Gasteiger partial charge < -0.3 is 0 Å². The highest BCUT2D eigenvalue weighted by Gasteiger charge is 2.07. The van der Waals surface area contributed by atoms with Crippen molar-refractivity contribution in [1.82, 2.24) is 15.0 Å². The first-order valence-corrected chi connectivity index (χ1v) is 6.84. The molecular weight excluding hydrogens is 322 g/mol. The molecule has 0 bridgehead atoms. The summed E-state index contributed by atoms with van der Waals surface area (Å²) in [4.78, 5) is 12.5. The monoisotopic (exact) mass is 329 g/mol. The Kier molecular flexibility index (Phi) is 4.01. The molecule has 0 spiro atoms. The molecular formula is C11H9BrClN3S. The number of hydrogen-bond donors (Lipinski definition) is 0. The van der Waals surface area contributed by atoms with Crippen molar-refractivity contribution in [3.8, 4) is 0 Å². The lowest BCUT2D eigenvalue weighted by Crippen LogP contribution is -1.90. The van der Waals surface area contributed by atoms with Gasteiger partial charge in [0.1, 0.15) is 10.1 Å². The summed E-state index contributed by atoms with van der Waals surface area (Å²) in [5, 5.41) is 1.90. The van der Waals surface area contributed by atoms with E-state index < -0.39 is 0 Å². The van der Waals surface area contributed by atoms with E-state index in [0.29, 0.717) is 0 Å². The molecule has 0 atom stereocenters. The number of aromatic nitrogens is 3. The third-order valence-corrected chi connectivity index (χ3v) is 3.91. The van der Waals surface area contributed by atoms with Crippen LogP contribution in [-0.2, 0) is 0 Å². The van der Waals surface area contributed by atoms with Crippen molar-refractivity contribution in [2.45, 2.75) is 23.9 Å². The third kappa shape index (κ3) is 3.40. The van der Waals surface area contributed by atoms with Gasteiger partial charge in [-0.2, -0.15) is 0 Å². The zero-order valence-electron chi connectivity index (χ0n) is 9.24. The standard InChI is InChI=1S/C11H9BrClN3S/c1-6-3-7(2)15-9(4-6)17-10-8(12)5-14-11(13)16-10/h3-5H,1-2H3. The number of pyridine rings is 1. The summed E-state index contributed by atoms with van der Waals surface area (Å²) < 4.78 is 0.813. The smallest absolute Gasteiger partial charge is 0.223 e. The minimum Gasteiger partial charge on any atom is -0.246 e. The van der Waals surface area contributed by atoms with Crippen molar-refractivity contribution in [3.63, 3.8) is 0 Å². The summed E-state index contributed by atoms with van der Waals surface area (Å²) in [6.45, 7) is 4.01. The van der Waals surface area contributed by atoms with Gasteiger partial charge in [0.15, 0.2) is 0 Å². The average Bonchev–Trinajstić information content (AvgIpc) is 2.22. The summed E-state index contributed by atoms with van der Waals surface area (Å²) in [7, 11) is 0. The lowest BCUT2D eigenvalue weighted by molar-refractivity contribution is 1.00. The Morgan fingerprint density at radius 1 is 1.24 bits per heavy atom. The second-order valence-electron chi connectivity index (χ2n) is 3.52. The number of nitrogens with zero attached hydrogens (tertiary/aromatic N) is 3. The summed E-state index contributed by atoms with van der Waals surface area (Å²) in [5.74, 6) is 0. The molecule has 88 valence electrons. The largest absolute Gasteiger partial charge is 0.246 e. The normalized spacial score (nSPS) is 10.6. The molecule has 0 unspecified atom stereocenters. The molecule has 0 aliphatic rings. The molecule has 0 aromatic carbocycles. The summed E-state index contributed by atoms with van der Waals surface area (Å²) in [6, 6.07) is 4.05. The van der Waals surface area contributed by atoms with Crippen LogP contribution < -0.4 is 0 Å². The topological polar surface area (TPSA) is 38.7 Å². The van der Waals surface area contributed by atoms with E-state index in [4.69, 9.17) is 11.6 Å². The van der Waals surface area contributed by atoms with E-state index >= 15 is 0 Å². The van der Waals surface area contributed by atoms with Gasteiger partial charge >= 0.3 is 0 Å². The van der Waals surface area contributed by atoms with Crippen LogP contribution in [0.2, 0.25) is 5.28 Å². The molecule has 0 N–H and O–H groups in total. The number of rotatable bonds is 2. The Bertz CT molecular complexity index is 542. The van der Waals surface area contributed by atoms with Crippen molar-refractivity contribution in [3.05, 3.63) is 39.3 Å². The van der Waals surface area contributed by atoms with Crippen molar-refractivity contribution in [2.24, 2.45) is 0 Å². The van der Waals surface area contributed by atoms with E-state index in [-0.39, 0.29) is 5.28 Å². The van der Waals surface area contributed by atoms with E-state index in [1.165, 1.54) is 17.3 Å². The fourth-order valence-electron chi connectivity index (χ4n) is 1.36. The molecule has 2 heterocycles. The fraction of sp³-hybridized carbons (Fsp3) is 0.182. The van der Waals surface area contributed by atoms with E-state index in [9.17, 15) is 0 Å². The number of hydrogen-bond acceptors (Lipinski definition) is 4. The molecule has 0 fully saturated rings. The molecule has 2 aromatic heterocycles. The first-order chi connectivity index (χ1) is 8.04. The van der Waals surface area contributed by atoms with Crippen molar-refractivity contribution in [1.29, 1.82) is 0 Å². The van der Waals surface area contributed by atoms with Gasteiger partial charge in [0, 0.05) is 11.9 Å². The molecule has 3 nitrogen and oxygen atoms in total. The highest BCUT2D eigenvalue weighted by Crippen LogP contribution is 2.31. The molecule has 0 saturated carbocycles. The highest BCUT2D eigenvalue weighted by molar-refractivity contribution is 9.10. The van der Waals surface area contributed by atoms with E-state index in [1.807, 2.05) is 26.0 Å². The predicted octanol–water partition coefficient (Wildman–Crippen LogP) is 4.06. The van der Waals surface area contributed by atoms with E-state index in [1.54, 1.807) is 6.20 Å². The lowest BCUT2D eigenvalue weighted by atomic mass is 10.3. The van der Waals surface area contributed by atoms with Crippen molar-refractivity contribution < 1.29 is 0 Å². The van der Waals surface area contributed by atoms with Crippen molar-refractivity contribution in [2.75, 3.05) is 0 Å². The Balaban J connectivity index is 2.34. The maximum atomic E-state index is 5.77. The van der Waals surface area contributed by atoms with Gasteiger partial charge in [-0.25, -0.2) is 15.0 Å². The average molecular weight is 331 g/mol. The van der Waals surface area contributed by atoms with Crippen LogP contribution in [0.5, 0.6) is 0 Å². The third-order valence-electron chi connectivity index (χ3n) is 1.96. The molecule has 6 heteroatoms. The highest BCUT2D eigenvalue weighted by atomic mass is 79.9. The van der Waals surface area contributed by atoms with Gasteiger partial charge in [-0.3, -0.25) is 0 Å². The summed E-state index contributed by atoms with van der Waals surface area (Å²) in [6.07, 6.45) is 1.64. The minimum atomic E-state index is 0.236. The van der Waals surface area contributed by atoms with Gasteiger partial charge in [0.25, 0.3) is 0 Å². The SMILES string of the molecule is Cc1cc(C)nc(Sc2nc(Cl)ncc2Br)c1. The van der Waals surface area contributed by atoms with Gasteiger partial charge in [-0.15, -0.1) is 0 Å². The van der Waals surface area contributed by atoms with Crippen LogP contribution in [0.15, 0.2) is 32.9 Å². The van der Waals surface area contributed by atoms with Crippen LogP contribution >= 0.6 is 39.3 Å². The Morgan fingerprint density at radius 2 is 2.00 bits per heavy atom. The van der Waals surface area contributed by atoms with Gasteiger partial charge in [0.2, 0.25) is 5.28 Å². The van der Waals surface area contributed by atoms with Crippen LogP contribution in [-0.4, -0.2) is 15.0 Å². The first-order valence-electron chi connectivity index (χ1n) is 4.86. The quantitative estimate of drug-likeness (QED) is 0.615. The van der Waals surface area contributed by atoms with Gasteiger partial charge in [-0.1, -0.05) is 0 Å². The molecule has 2 aromatic rings. The number of halogens is 2. The predicted molar refractivity (Wildman–Crippen MR) is 72.6 cm³/mol. The lowest BCUT2D eigenvalue weighted by Gasteiger charge is -2.04. The van der Waals surface area contributed by atoms with E-state index in [0.717, 1.165) is 20.2 Å². The van der Waals surface area contributed by atoms with E-state index in [2.05, 4.69) is 30.9 Å². The molecule has 0 saturated heterocycles. The van der Waals surface area contributed by atoms with Crippen LogP contribution in [0.1, 0.15) is 11.3 Å². The zero-order chi connectivity index (χ0) is 12.4. The Morgan fingerprint density at radius 3 is 2.71 bits per heavy atom. The maximum Gasteiger partial charge on any atom is 0.223 e. The fourth-order valence-corrected chi connectivity index (χ4v) is 2.89. The first kappa shape index (κ1) is 12.8. The van der Waals surface area contributed by atoms with Crippen molar-refractivity contribution >= 4 is 39.3 Å². The minimum absolute atomic E-state index is 0.236. The second kappa shape index (κ2) is 5.33. The number of aryl methyl sites for hydroxylation is 2. The zero-order valence-corrected chi connectivity index (χ0v) is 12.4. The molecule has 0 aliphatic carbocycles. The Labute approximate surface area is 117 Å². The van der Waals surface area contributed by atoms with Crippen LogP contribution in [0.25, 0.3) is 0 Å². The Hall–Kier alpha value is -0.650. The van der Waals surface area contributed by atoms with Crippen LogP contribution in [0.4, 0.5) is 0 Å². The molecule has 17 heavy (non-hydrogen) atoms. The van der Waals surface area contributed by atoms with Crippen LogP contribution in [0, 0.1) is 13.8 Å². The summed E-state index contributed by atoms with van der Waals surface area (Å²) >= 11 is 10.6. The van der Waals surface area contributed by atoms with Gasteiger partial charge in [-0.05, 0) is 70.8 Å². The summed E-state index contributed by atoms with van der Waals surface area (Å²) in [5.41, 5.74) is 2.17. The molecule has 0 aliphatic heterocycles. The molecule has 0 radical (unpaired) electrons. The van der Waals surface area contributed by atoms with Gasteiger partial charge in [0.05, 0.1) is 4.47 Å².